The van der Waals surface area contributed by atoms with Crippen LogP contribution in [0, 0.1) is 6.92 Å². The third-order valence-electron chi connectivity index (χ3n) is 2.52. The van der Waals surface area contributed by atoms with Crippen LogP contribution >= 0.6 is 15.9 Å². The van der Waals surface area contributed by atoms with Crippen LogP contribution in [0.25, 0.3) is 0 Å². The van der Waals surface area contributed by atoms with Gasteiger partial charge in [-0.05, 0) is 43.7 Å². The zero-order chi connectivity index (χ0) is 11.5. The van der Waals surface area contributed by atoms with Gasteiger partial charge in [-0.15, -0.1) is 0 Å². The monoisotopic (exact) mass is 279 g/mol. The minimum absolute atomic E-state index is 0.171. The van der Waals surface area contributed by atoms with Crippen molar-refractivity contribution in [3.63, 3.8) is 0 Å². The maximum Gasteiger partial charge on any atom is 0.125 e. The first-order valence-corrected chi connectivity index (χ1v) is 6.02. The predicted octanol–water partition coefficient (Wildman–Crippen LogP) is 4.52. The van der Waals surface area contributed by atoms with Crippen LogP contribution in [0.4, 0.5) is 5.69 Å². The summed E-state index contributed by atoms with van der Waals surface area (Å²) in [4.78, 5) is 0. The van der Waals surface area contributed by atoms with Gasteiger partial charge in [-0.3, -0.25) is 0 Å². The molecule has 0 radical (unpaired) electrons. The molecule has 0 aliphatic carbocycles. The molecule has 2 rings (SSSR count). The zero-order valence-corrected chi connectivity index (χ0v) is 10.9. The van der Waals surface area contributed by atoms with Crippen molar-refractivity contribution in [3.8, 4) is 0 Å². The number of hydrogen-bond acceptors (Lipinski definition) is 2. The fourth-order valence-corrected chi connectivity index (χ4v) is 1.92. The maximum atomic E-state index is 5.35. The highest BCUT2D eigenvalue weighted by atomic mass is 79.9. The summed E-state index contributed by atoms with van der Waals surface area (Å²) in [5, 5.41) is 3.39. The largest absolute Gasteiger partial charge is 0.467 e. The van der Waals surface area contributed by atoms with Gasteiger partial charge >= 0.3 is 0 Å². The molecule has 1 aromatic carbocycles. The summed E-state index contributed by atoms with van der Waals surface area (Å²) < 4.78 is 6.46. The van der Waals surface area contributed by atoms with Crippen molar-refractivity contribution in [3.05, 3.63) is 52.4 Å². The van der Waals surface area contributed by atoms with E-state index in [4.69, 9.17) is 4.42 Å². The Morgan fingerprint density at radius 3 is 2.75 bits per heavy atom. The molecule has 0 saturated carbocycles. The second-order valence-electron chi connectivity index (χ2n) is 3.85. The lowest BCUT2D eigenvalue weighted by Gasteiger charge is -2.13. The molecule has 0 bridgehead atoms. The van der Waals surface area contributed by atoms with E-state index < -0.39 is 0 Å². The van der Waals surface area contributed by atoms with Crippen molar-refractivity contribution in [1.82, 2.24) is 0 Å². The number of furan rings is 1. The SMILES string of the molecule is Cc1ccc(NC(C)c2ccco2)cc1Br. The van der Waals surface area contributed by atoms with Gasteiger partial charge in [0.1, 0.15) is 5.76 Å². The fourth-order valence-electron chi connectivity index (χ4n) is 1.54. The fraction of sp³-hybridized carbons (Fsp3) is 0.231. The van der Waals surface area contributed by atoms with Crippen molar-refractivity contribution < 1.29 is 4.42 Å². The van der Waals surface area contributed by atoms with Gasteiger partial charge in [0.25, 0.3) is 0 Å². The normalized spacial score (nSPS) is 12.4. The smallest absolute Gasteiger partial charge is 0.125 e. The first-order valence-electron chi connectivity index (χ1n) is 5.23. The molecule has 1 unspecified atom stereocenters. The number of halogens is 1. The third kappa shape index (κ3) is 2.47. The maximum absolute atomic E-state index is 5.35. The molecule has 1 heterocycles. The standard InChI is InChI=1S/C13H14BrNO/c1-9-5-6-11(8-12(9)14)15-10(2)13-4-3-7-16-13/h3-8,10,15H,1-2H3. The minimum atomic E-state index is 0.171. The Balaban J connectivity index is 2.12. The van der Waals surface area contributed by atoms with Crippen LogP contribution in [0.3, 0.4) is 0 Å². The van der Waals surface area contributed by atoms with Crippen LogP contribution in [0.5, 0.6) is 0 Å². The number of nitrogens with one attached hydrogen (secondary N) is 1. The van der Waals surface area contributed by atoms with E-state index in [0.29, 0.717) is 0 Å². The van der Waals surface area contributed by atoms with E-state index in [-0.39, 0.29) is 6.04 Å². The lowest BCUT2D eigenvalue weighted by Crippen LogP contribution is -2.05. The quantitative estimate of drug-likeness (QED) is 0.894. The minimum Gasteiger partial charge on any atom is -0.467 e. The molecule has 0 aliphatic heterocycles. The van der Waals surface area contributed by atoms with Gasteiger partial charge in [-0.1, -0.05) is 22.0 Å². The number of rotatable bonds is 3. The summed E-state index contributed by atoms with van der Waals surface area (Å²) in [5.41, 5.74) is 2.32. The van der Waals surface area contributed by atoms with Gasteiger partial charge in [-0.25, -0.2) is 0 Å². The van der Waals surface area contributed by atoms with Crippen LogP contribution in [0.2, 0.25) is 0 Å². The van der Waals surface area contributed by atoms with Gasteiger partial charge in [0.15, 0.2) is 0 Å². The summed E-state index contributed by atoms with van der Waals surface area (Å²) in [6.07, 6.45) is 1.69. The van der Waals surface area contributed by atoms with Crippen LogP contribution < -0.4 is 5.32 Å². The molecule has 1 atom stereocenters. The predicted molar refractivity (Wildman–Crippen MR) is 69.6 cm³/mol. The highest BCUT2D eigenvalue weighted by Gasteiger charge is 2.08. The number of anilines is 1. The third-order valence-corrected chi connectivity index (χ3v) is 3.38. The van der Waals surface area contributed by atoms with E-state index in [1.165, 1.54) is 5.56 Å². The summed E-state index contributed by atoms with van der Waals surface area (Å²) in [5.74, 6) is 0.941. The van der Waals surface area contributed by atoms with Crippen LogP contribution in [0.15, 0.2) is 45.5 Å². The summed E-state index contributed by atoms with van der Waals surface area (Å²) in [7, 11) is 0. The van der Waals surface area contributed by atoms with E-state index in [2.05, 4.69) is 53.3 Å². The van der Waals surface area contributed by atoms with Gasteiger partial charge in [0.05, 0.1) is 12.3 Å². The lowest BCUT2D eigenvalue weighted by atomic mass is 10.2. The van der Waals surface area contributed by atoms with E-state index in [0.717, 1.165) is 15.9 Å². The first kappa shape index (κ1) is 11.3. The van der Waals surface area contributed by atoms with E-state index in [1.807, 2.05) is 12.1 Å². The average molecular weight is 280 g/mol. The van der Waals surface area contributed by atoms with Gasteiger partial charge in [0, 0.05) is 10.2 Å². The first-order chi connectivity index (χ1) is 7.66. The molecule has 0 aliphatic rings. The summed E-state index contributed by atoms with van der Waals surface area (Å²) >= 11 is 3.52. The van der Waals surface area contributed by atoms with Gasteiger partial charge in [-0.2, -0.15) is 0 Å². The highest BCUT2D eigenvalue weighted by molar-refractivity contribution is 9.10. The molecule has 2 nitrogen and oxygen atoms in total. The second kappa shape index (κ2) is 4.74. The van der Waals surface area contributed by atoms with Crippen LogP contribution in [0.1, 0.15) is 24.3 Å². The van der Waals surface area contributed by atoms with E-state index >= 15 is 0 Å². The molecule has 1 aromatic heterocycles. The van der Waals surface area contributed by atoms with Crippen molar-refractivity contribution in [2.75, 3.05) is 5.32 Å². The molecule has 3 heteroatoms. The molecule has 0 saturated heterocycles. The van der Waals surface area contributed by atoms with Crippen LogP contribution in [-0.2, 0) is 0 Å². The van der Waals surface area contributed by atoms with E-state index in [1.54, 1.807) is 6.26 Å². The number of aryl methyl sites for hydroxylation is 1. The number of benzene rings is 1. The second-order valence-corrected chi connectivity index (χ2v) is 4.70. The Hall–Kier alpha value is -1.22. The highest BCUT2D eigenvalue weighted by Crippen LogP contribution is 2.24. The Kier molecular flexibility index (Phi) is 3.34. The summed E-state index contributed by atoms with van der Waals surface area (Å²) in [6, 6.07) is 10.3. The molecule has 0 fully saturated rings. The Bertz CT molecular complexity index is 465. The zero-order valence-electron chi connectivity index (χ0n) is 9.33. The molecular formula is C13H14BrNO. The van der Waals surface area contributed by atoms with Gasteiger partial charge < -0.3 is 9.73 Å². The van der Waals surface area contributed by atoms with Crippen molar-refractivity contribution in [1.29, 1.82) is 0 Å². The number of hydrogen-bond donors (Lipinski definition) is 1. The average Bonchev–Trinajstić information content (AvgIpc) is 2.77. The van der Waals surface area contributed by atoms with Crippen molar-refractivity contribution >= 4 is 21.6 Å². The Labute approximate surface area is 104 Å². The Morgan fingerprint density at radius 2 is 2.12 bits per heavy atom. The summed E-state index contributed by atoms with van der Waals surface area (Å²) in [6.45, 7) is 4.15. The molecule has 2 aromatic rings. The molecule has 0 amide bonds. The molecule has 84 valence electrons. The van der Waals surface area contributed by atoms with Crippen molar-refractivity contribution in [2.45, 2.75) is 19.9 Å². The van der Waals surface area contributed by atoms with Crippen molar-refractivity contribution in [2.24, 2.45) is 0 Å². The lowest BCUT2D eigenvalue weighted by molar-refractivity contribution is 0.490. The molecule has 0 spiro atoms. The van der Waals surface area contributed by atoms with Crippen LogP contribution in [-0.4, -0.2) is 0 Å². The van der Waals surface area contributed by atoms with Gasteiger partial charge in [0.2, 0.25) is 0 Å². The molecule has 16 heavy (non-hydrogen) atoms. The van der Waals surface area contributed by atoms with E-state index in [9.17, 15) is 0 Å². The molecule has 1 N–H and O–H groups in total. The molecular weight excluding hydrogens is 266 g/mol. The topological polar surface area (TPSA) is 25.2 Å². The Morgan fingerprint density at radius 1 is 1.31 bits per heavy atom.